The van der Waals surface area contributed by atoms with Crippen molar-refractivity contribution in [3.05, 3.63) is 23.9 Å². The van der Waals surface area contributed by atoms with E-state index in [1.165, 1.54) is 0 Å². The normalized spacial score (nSPS) is 16.7. The van der Waals surface area contributed by atoms with E-state index in [4.69, 9.17) is 9.47 Å². The highest BCUT2D eigenvalue weighted by molar-refractivity contribution is 14.0. The number of pyridine rings is 1. The SMILES string of the molecule is CCNC(=NCc1ccnc(OC)c1)NCC(C)N1CCOCC1.I. The lowest BCUT2D eigenvalue weighted by Gasteiger charge is -2.32. The number of aromatic nitrogens is 1. The molecule has 7 nitrogen and oxygen atoms in total. The number of ether oxygens (including phenoxy) is 2. The van der Waals surface area contributed by atoms with Crippen molar-refractivity contribution >= 4 is 29.9 Å². The third-order valence-electron chi connectivity index (χ3n) is 4.01. The summed E-state index contributed by atoms with van der Waals surface area (Å²) in [5, 5.41) is 6.71. The third kappa shape index (κ3) is 7.74. The molecule has 1 fully saturated rings. The maximum absolute atomic E-state index is 5.41. The van der Waals surface area contributed by atoms with Gasteiger partial charge < -0.3 is 20.1 Å². The molecule has 1 unspecified atom stereocenters. The van der Waals surface area contributed by atoms with E-state index in [0.717, 1.165) is 50.9 Å². The van der Waals surface area contributed by atoms with Crippen LogP contribution in [0.15, 0.2) is 23.3 Å². The van der Waals surface area contributed by atoms with Gasteiger partial charge in [0.1, 0.15) is 0 Å². The van der Waals surface area contributed by atoms with Crippen LogP contribution in [0.5, 0.6) is 5.88 Å². The summed E-state index contributed by atoms with van der Waals surface area (Å²) in [5.41, 5.74) is 1.07. The van der Waals surface area contributed by atoms with Crippen LogP contribution in [0.4, 0.5) is 0 Å². The predicted molar refractivity (Wildman–Crippen MR) is 111 cm³/mol. The minimum Gasteiger partial charge on any atom is -0.481 e. The van der Waals surface area contributed by atoms with Crippen molar-refractivity contribution in [3.63, 3.8) is 0 Å². The van der Waals surface area contributed by atoms with Gasteiger partial charge in [0.25, 0.3) is 0 Å². The number of hydrogen-bond donors (Lipinski definition) is 2. The zero-order valence-electron chi connectivity index (χ0n) is 15.3. The first-order valence-corrected chi connectivity index (χ1v) is 8.55. The van der Waals surface area contributed by atoms with Gasteiger partial charge in [-0.25, -0.2) is 9.98 Å². The average Bonchev–Trinajstić information content (AvgIpc) is 2.64. The van der Waals surface area contributed by atoms with Crippen LogP contribution in [0.3, 0.4) is 0 Å². The van der Waals surface area contributed by atoms with Gasteiger partial charge >= 0.3 is 0 Å². The van der Waals surface area contributed by atoms with E-state index >= 15 is 0 Å². The van der Waals surface area contributed by atoms with E-state index in [2.05, 4.69) is 39.4 Å². The van der Waals surface area contributed by atoms with Crippen molar-refractivity contribution < 1.29 is 9.47 Å². The van der Waals surface area contributed by atoms with E-state index in [1.54, 1.807) is 13.3 Å². The van der Waals surface area contributed by atoms with Crippen LogP contribution < -0.4 is 15.4 Å². The van der Waals surface area contributed by atoms with Gasteiger partial charge in [-0.15, -0.1) is 24.0 Å². The molecule has 0 spiro atoms. The summed E-state index contributed by atoms with van der Waals surface area (Å²) in [4.78, 5) is 11.2. The molecule has 1 saturated heterocycles. The Labute approximate surface area is 167 Å². The molecule has 0 aliphatic carbocycles. The molecule has 1 aliphatic heterocycles. The highest BCUT2D eigenvalue weighted by atomic mass is 127. The van der Waals surface area contributed by atoms with Gasteiger partial charge in [-0.1, -0.05) is 0 Å². The van der Waals surface area contributed by atoms with Crippen LogP contribution >= 0.6 is 24.0 Å². The molecule has 2 rings (SSSR count). The lowest BCUT2D eigenvalue weighted by Crippen LogP contribution is -2.49. The first-order valence-electron chi connectivity index (χ1n) is 8.55. The Kier molecular flexibility index (Phi) is 10.7. The van der Waals surface area contributed by atoms with Crippen molar-refractivity contribution in [1.82, 2.24) is 20.5 Å². The van der Waals surface area contributed by atoms with Crippen LogP contribution in [0.2, 0.25) is 0 Å². The van der Waals surface area contributed by atoms with Crippen LogP contribution in [-0.2, 0) is 11.3 Å². The van der Waals surface area contributed by atoms with E-state index in [9.17, 15) is 0 Å². The molecule has 0 saturated carbocycles. The van der Waals surface area contributed by atoms with E-state index in [0.29, 0.717) is 18.5 Å². The topological polar surface area (TPSA) is 71.0 Å². The van der Waals surface area contributed by atoms with Gasteiger partial charge in [-0.2, -0.15) is 0 Å². The molecule has 142 valence electrons. The number of nitrogens with one attached hydrogen (secondary N) is 2. The van der Waals surface area contributed by atoms with Crippen molar-refractivity contribution in [2.75, 3.05) is 46.5 Å². The number of nitrogens with zero attached hydrogens (tertiary/aromatic N) is 3. The fourth-order valence-corrected chi connectivity index (χ4v) is 2.56. The Hall–Kier alpha value is -1.13. The number of methoxy groups -OCH3 is 1. The van der Waals surface area contributed by atoms with Gasteiger partial charge in [-0.05, 0) is 25.5 Å². The average molecular weight is 463 g/mol. The number of guanidine groups is 1. The number of halogens is 1. The quantitative estimate of drug-likeness (QED) is 0.363. The molecule has 1 aromatic rings. The molecule has 2 N–H and O–H groups in total. The standard InChI is InChI=1S/C17H29N5O2.HI/c1-4-18-17(20-12-14(2)22-7-9-24-10-8-22)21-13-15-5-6-19-16(11-15)23-3;/h5-6,11,14H,4,7-10,12-13H2,1-3H3,(H2,18,20,21);1H. The Bertz CT molecular complexity index is 524. The summed E-state index contributed by atoms with van der Waals surface area (Å²) < 4.78 is 10.6. The lowest BCUT2D eigenvalue weighted by molar-refractivity contribution is 0.0211. The van der Waals surface area contributed by atoms with Crippen LogP contribution in [0.25, 0.3) is 0 Å². The monoisotopic (exact) mass is 463 g/mol. The summed E-state index contributed by atoms with van der Waals surface area (Å²) in [6.45, 7) is 10.2. The summed E-state index contributed by atoms with van der Waals surface area (Å²) >= 11 is 0. The molecular formula is C17H30IN5O2. The first-order chi connectivity index (χ1) is 11.7. The largest absolute Gasteiger partial charge is 0.481 e. The Morgan fingerprint density at radius 3 is 2.84 bits per heavy atom. The Balaban J connectivity index is 0.00000312. The van der Waals surface area contributed by atoms with Crippen molar-refractivity contribution in [2.24, 2.45) is 4.99 Å². The number of rotatable bonds is 7. The Morgan fingerprint density at radius 1 is 1.40 bits per heavy atom. The minimum absolute atomic E-state index is 0. The van der Waals surface area contributed by atoms with Gasteiger partial charge in [0.2, 0.25) is 5.88 Å². The van der Waals surface area contributed by atoms with Gasteiger partial charge in [0.15, 0.2) is 5.96 Å². The molecule has 0 radical (unpaired) electrons. The fraction of sp³-hybridized carbons (Fsp3) is 0.647. The summed E-state index contributed by atoms with van der Waals surface area (Å²) in [6.07, 6.45) is 1.74. The third-order valence-corrected chi connectivity index (χ3v) is 4.01. The lowest BCUT2D eigenvalue weighted by atomic mass is 10.2. The second-order valence-electron chi connectivity index (χ2n) is 5.78. The maximum atomic E-state index is 5.41. The molecule has 2 heterocycles. The van der Waals surface area contributed by atoms with Crippen LogP contribution in [-0.4, -0.2) is 68.4 Å². The summed E-state index contributed by atoms with van der Waals surface area (Å²) in [7, 11) is 1.62. The predicted octanol–water partition coefficient (Wildman–Crippen LogP) is 1.48. The number of hydrogen-bond acceptors (Lipinski definition) is 5. The molecule has 0 aromatic carbocycles. The van der Waals surface area contributed by atoms with E-state index in [1.807, 2.05) is 12.1 Å². The van der Waals surface area contributed by atoms with Crippen molar-refractivity contribution in [1.29, 1.82) is 0 Å². The van der Waals surface area contributed by atoms with Gasteiger partial charge in [-0.3, -0.25) is 4.90 Å². The highest BCUT2D eigenvalue weighted by Crippen LogP contribution is 2.09. The summed E-state index contributed by atoms with van der Waals surface area (Å²) in [6, 6.07) is 4.30. The molecule has 1 aliphatic rings. The van der Waals surface area contributed by atoms with Gasteiger partial charge in [0.05, 0.1) is 26.9 Å². The molecule has 0 bridgehead atoms. The molecule has 1 atom stereocenters. The molecule has 0 amide bonds. The molecule has 8 heteroatoms. The second-order valence-corrected chi connectivity index (χ2v) is 5.78. The number of aliphatic imine (C=N–C) groups is 1. The zero-order chi connectivity index (χ0) is 17.2. The zero-order valence-corrected chi connectivity index (χ0v) is 17.7. The van der Waals surface area contributed by atoms with Crippen molar-refractivity contribution in [3.8, 4) is 5.88 Å². The highest BCUT2D eigenvalue weighted by Gasteiger charge is 2.16. The fourth-order valence-electron chi connectivity index (χ4n) is 2.56. The Morgan fingerprint density at radius 2 is 2.16 bits per heavy atom. The van der Waals surface area contributed by atoms with Crippen LogP contribution in [0, 0.1) is 0 Å². The molecular weight excluding hydrogens is 433 g/mol. The van der Waals surface area contributed by atoms with E-state index < -0.39 is 0 Å². The molecule has 1 aromatic heterocycles. The van der Waals surface area contributed by atoms with Gasteiger partial charge in [0, 0.05) is 44.5 Å². The summed E-state index contributed by atoms with van der Waals surface area (Å²) in [5.74, 6) is 1.44. The maximum Gasteiger partial charge on any atom is 0.213 e. The second kappa shape index (κ2) is 12.3. The smallest absolute Gasteiger partial charge is 0.213 e. The van der Waals surface area contributed by atoms with Crippen LogP contribution in [0.1, 0.15) is 19.4 Å². The first kappa shape index (κ1) is 21.9. The van der Waals surface area contributed by atoms with E-state index in [-0.39, 0.29) is 24.0 Å². The van der Waals surface area contributed by atoms with Crippen molar-refractivity contribution in [2.45, 2.75) is 26.4 Å². The molecule has 25 heavy (non-hydrogen) atoms. The number of morpholine rings is 1. The minimum atomic E-state index is 0.